The van der Waals surface area contributed by atoms with Gasteiger partial charge in [-0.15, -0.1) is 0 Å². The van der Waals surface area contributed by atoms with E-state index < -0.39 is 47.4 Å². The van der Waals surface area contributed by atoms with E-state index in [4.69, 9.17) is 27.9 Å². The molecule has 0 N–H and O–H groups in total. The maximum absolute atomic E-state index is 12.8. The zero-order valence-electron chi connectivity index (χ0n) is 39.0. The number of ether oxygens (including phenoxy) is 5. The van der Waals surface area contributed by atoms with E-state index in [0.29, 0.717) is 10.7 Å². The predicted molar refractivity (Wildman–Crippen MR) is 261 cm³/mol. The van der Waals surface area contributed by atoms with Crippen LogP contribution in [0.15, 0.2) is 158 Å². The molecule has 0 bridgehead atoms. The second kappa shape index (κ2) is 23.0. The summed E-state index contributed by atoms with van der Waals surface area (Å²) in [6.45, 7) is 3.69. The van der Waals surface area contributed by atoms with Gasteiger partial charge in [0.05, 0.1) is 31.8 Å². The number of hydrogen-bond acceptors (Lipinski definition) is 12. The number of nitrogens with zero attached hydrogens (tertiary/aromatic N) is 1. The fraction of sp³-hybridized carbons (Fsp3) is 0.286. The third-order valence-corrected chi connectivity index (χ3v) is 13.7. The van der Waals surface area contributed by atoms with E-state index in [-0.39, 0.29) is 69.3 Å². The Kier molecular flexibility index (Phi) is 16.2. The average molecular weight is 966 g/mol. The Bertz CT molecular complexity index is 2800. The van der Waals surface area contributed by atoms with E-state index in [1.807, 2.05) is 135 Å². The van der Waals surface area contributed by atoms with Gasteiger partial charge < -0.3 is 23.7 Å². The van der Waals surface area contributed by atoms with Crippen molar-refractivity contribution in [3.8, 4) is 22.3 Å². The number of hydrogen-bond donors (Lipinski definition) is 0. The van der Waals surface area contributed by atoms with Crippen LogP contribution in [0.25, 0.3) is 22.3 Å². The number of carbonyl (C=O) groups excluding carboxylic acids is 4. The van der Waals surface area contributed by atoms with Crippen molar-refractivity contribution in [1.29, 1.82) is 0 Å². The molecule has 0 aromatic heterocycles. The molecule has 1 fully saturated rings. The molecule has 6 aromatic carbocycles. The fourth-order valence-corrected chi connectivity index (χ4v) is 9.86. The molecule has 0 radical (unpaired) electrons. The quantitative estimate of drug-likeness (QED) is 0.0668. The summed E-state index contributed by atoms with van der Waals surface area (Å²) >= 11 is 0. The highest BCUT2D eigenvalue weighted by atomic mass is 32.2. The van der Waals surface area contributed by atoms with E-state index in [1.165, 1.54) is 22.3 Å². The first-order valence-corrected chi connectivity index (χ1v) is 24.7. The number of amides is 1. The van der Waals surface area contributed by atoms with Gasteiger partial charge in [0, 0.05) is 18.3 Å². The summed E-state index contributed by atoms with van der Waals surface area (Å²) in [4.78, 5) is 50.7. The molecule has 9 rings (SSSR count). The van der Waals surface area contributed by atoms with Crippen LogP contribution in [0.4, 0.5) is 4.79 Å². The zero-order valence-corrected chi connectivity index (χ0v) is 39.8. The Morgan fingerprint density at radius 3 is 1.51 bits per heavy atom. The molecule has 3 aliphatic rings. The van der Waals surface area contributed by atoms with Crippen molar-refractivity contribution in [2.45, 2.75) is 57.8 Å². The van der Waals surface area contributed by atoms with Gasteiger partial charge in [0.25, 0.3) is 0 Å². The first-order valence-electron chi connectivity index (χ1n) is 23.4. The molecule has 1 aliphatic heterocycles. The number of esters is 3. The lowest BCUT2D eigenvalue weighted by atomic mass is 9.98. The zero-order chi connectivity index (χ0) is 49.0. The Hall–Kier alpha value is -7.13. The van der Waals surface area contributed by atoms with Gasteiger partial charge in [0.15, 0.2) is 0 Å². The van der Waals surface area contributed by atoms with Crippen molar-refractivity contribution in [1.82, 2.24) is 4.31 Å². The molecule has 0 saturated carbocycles. The molecular formula is C56H55NO12S. The molecule has 2 aliphatic carbocycles. The molecule has 2 atom stereocenters. The lowest BCUT2D eigenvalue weighted by Gasteiger charge is -2.30. The van der Waals surface area contributed by atoms with Crippen LogP contribution in [0.3, 0.4) is 0 Å². The summed E-state index contributed by atoms with van der Waals surface area (Å²) in [6, 6.07) is 50.8. The molecule has 1 heterocycles. The number of carbonyl (C=O) groups is 4. The fourth-order valence-electron chi connectivity index (χ4n) is 8.80. The van der Waals surface area contributed by atoms with Crippen LogP contribution in [0.2, 0.25) is 0 Å². The van der Waals surface area contributed by atoms with Gasteiger partial charge >= 0.3 is 34.3 Å². The van der Waals surface area contributed by atoms with Gasteiger partial charge in [0.2, 0.25) is 0 Å². The largest absolute Gasteiger partial charge is 0.465 e. The summed E-state index contributed by atoms with van der Waals surface area (Å²) in [7, 11) is -4.37. The molecular weight excluding hydrogens is 911 g/mol. The Morgan fingerprint density at radius 1 is 0.586 bits per heavy atom. The Balaban J connectivity index is 0.000000188. The lowest BCUT2D eigenvalue weighted by molar-refractivity contribution is -0.154. The topological polar surface area (TPSA) is 161 Å². The highest BCUT2D eigenvalue weighted by Crippen LogP contribution is 2.46. The number of benzene rings is 6. The van der Waals surface area contributed by atoms with Crippen LogP contribution in [0, 0.1) is 11.8 Å². The second-order valence-electron chi connectivity index (χ2n) is 17.5. The highest BCUT2D eigenvalue weighted by Gasteiger charge is 2.42. The average Bonchev–Trinajstić information content (AvgIpc) is 3.88. The van der Waals surface area contributed by atoms with Crippen molar-refractivity contribution in [3.63, 3.8) is 0 Å². The summed E-state index contributed by atoms with van der Waals surface area (Å²) in [5.41, 5.74) is 10.6. The highest BCUT2D eigenvalue weighted by molar-refractivity contribution is 7.84. The van der Waals surface area contributed by atoms with Crippen LogP contribution >= 0.6 is 0 Å². The van der Waals surface area contributed by atoms with Crippen LogP contribution in [-0.4, -0.2) is 75.8 Å². The van der Waals surface area contributed by atoms with Crippen molar-refractivity contribution in [3.05, 3.63) is 191 Å². The Labute approximate surface area is 408 Å². The summed E-state index contributed by atoms with van der Waals surface area (Å²) in [6.07, 6.45) is -0.666. The summed E-state index contributed by atoms with van der Waals surface area (Å²) < 4.78 is 57.8. The van der Waals surface area contributed by atoms with E-state index in [0.717, 1.165) is 33.4 Å². The molecule has 70 heavy (non-hydrogen) atoms. The van der Waals surface area contributed by atoms with E-state index in [9.17, 15) is 27.6 Å². The first-order chi connectivity index (χ1) is 34.0. The van der Waals surface area contributed by atoms with Crippen molar-refractivity contribution in [2.24, 2.45) is 11.8 Å². The number of fused-ring (bicyclic) bond motifs is 6. The second-order valence-corrected chi connectivity index (χ2v) is 19.0. The normalized spacial score (nSPS) is 15.8. The number of rotatable bonds is 16. The monoisotopic (exact) mass is 965 g/mol. The van der Waals surface area contributed by atoms with Crippen molar-refractivity contribution in [2.75, 3.05) is 33.0 Å². The van der Waals surface area contributed by atoms with Gasteiger partial charge in [-0.1, -0.05) is 158 Å². The smallest absolute Gasteiger partial charge is 0.425 e. The minimum Gasteiger partial charge on any atom is -0.465 e. The molecule has 1 amide bonds. The molecule has 13 nitrogen and oxygen atoms in total. The third-order valence-electron chi connectivity index (χ3n) is 12.4. The van der Waals surface area contributed by atoms with Crippen molar-refractivity contribution >= 4 is 34.3 Å². The van der Waals surface area contributed by atoms with Crippen LogP contribution in [0.1, 0.15) is 71.9 Å². The standard InChI is InChI=1S/C30H32O5.C26H23NO7S/c1-21(2)33-19-23(30(32)35-18-22-10-4-3-5-11-22)16-17-29(31)34-20-28-26-14-8-6-12-24(26)25-13-7-9-15-27(25)28;28-25(32-15-18-8-2-1-3-9-18)19-14-27(35(30,31)34-16-19)26(29)33-17-24-22-12-6-4-10-20(22)21-11-5-7-13-23(21)24/h3-15,21,23,28H,16-20H2,1-2H3;1-13,19,24H,14-17H2/t23-;19-/m00/s1. The van der Waals surface area contributed by atoms with E-state index in [2.05, 4.69) is 24.3 Å². The molecule has 1 saturated heterocycles. The third kappa shape index (κ3) is 12.0. The summed E-state index contributed by atoms with van der Waals surface area (Å²) in [5, 5.41) is 0. The predicted octanol–water partition coefficient (Wildman–Crippen LogP) is 9.78. The molecule has 14 heteroatoms. The minimum absolute atomic E-state index is 0.0160. The molecule has 0 spiro atoms. The Morgan fingerprint density at radius 2 is 1.03 bits per heavy atom. The maximum Gasteiger partial charge on any atom is 0.425 e. The summed E-state index contributed by atoms with van der Waals surface area (Å²) in [5.74, 6) is -3.03. The SMILES string of the molecule is CC(C)OC[C@H](CCC(=O)OCC1c2ccccc2-c2ccccc21)C(=O)OCc1ccccc1.O=C(OCc1ccccc1)[C@@H]1COS(=O)(=O)N(C(=O)OCC2c3ccccc3-c3ccccc32)C1. The van der Waals surface area contributed by atoms with Crippen LogP contribution in [0.5, 0.6) is 0 Å². The minimum atomic E-state index is -4.37. The van der Waals surface area contributed by atoms with E-state index in [1.54, 1.807) is 12.1 Å². The molecule has 0 unspecified atom stereocenters. The van der Waals surface area contributed by atoms with Gasteiger partial charge in [-0.3, -0.25) is 18.6 Å². The maximum atomic E-state index is 12.8. The lowest BCUT2D eigenvalue weighted by Crippen LogP contribution is -2.49. The van der Waals surface area contributed by atoms with Crippen LogP contribution in [-0.2, 0) is 65.8 Å². The van der Waals surface area contributed by atoms with Crippen molar-refractivity contribution < 1.29 is 55.5 Å². The molecule has 362 valence electrons. The van der Waals surface area contributed by atoms with Gasteiger partial charge in [-0.25, -0.2) is 4.79 Å². The first kappa shape index (κ1) is 49.3. The van der Waals surface area contributed by atoms with Gasteiger partial charge in [0.1, 0.15) is 32.3 Å². The van der Waals surface area contributed by atoms with Gasteiger partial charge in [-0.2, -0.15) is 12.7 Å². The van der Waals surface area contributed by atoms with Crippen LogP contribution < -0.4 is 0 Å². The van der Waals surface area contributed by atoms with Gasteiger partial charge in [-0.05, 0) is 75.9 Å². The molecule has 6 aromatic rings. The van der Waals surface area contributed by atoms with E-state index >= 15 is 0 Å².